The van der Waals surface area contributed by atoms with Gasteiger partial charge in [-0.1, -0.05) is 29.8 Å². The molecule has 1 aromatic heterocycles. The number of hydrogen-bond acceptors (Lipinski definition) is 4. The zero-order valence-electron chi connectivity index (χ0n) is 14.1. The van der Waals surface area contributed by atoms with Gasteiger partial charge < -0.3 is 5.32 Å². The molecule has 26 heavy (non-hydrogen) atoms. The number of hydrogen-bond donors (Lipinski definition) is 2. The molecule has 0 saturated heterocycles. The Hall–Kier alpha value is -2.93. The van der Waals surface area contributed by atoms with E-state index < -0.39 is 15.8 Å². The molecule has 2 N–H and O–H groups in total. The lowest BCUT2D eigenvalue weighted by atomic mass is 10.1. The topological polar surface area (TPSA) is 71.1 Å². The lowest BCUT2D eigenvalue weighted by molar-refractivity contribution is 0.599. The number of sulfonamides is 1. The van der Waals surface area contributed by atoms with Crippen molar-refractivity contribution in [3.63, 3.8) is 0 Å². The fourth-order valence-corrected chi connectivity index (χ4v) is 3.40. The van der Waals surface area contributed by atoms with E-state index in [-0.39, 0.29) is 10.7 Å². The van der Waals surface area contributed by atoms with Crippen LogP contribution in [0.2, 0.25) is 0 Å². The molecular weight excluding hydrogens is 353 g/mol. The number of rotatable bonds is 6. The molecule has 7 heteroatoms. The van der Waals surface area contributed by atoms with Crippen LogP contribution in [-0.4, -0.2) is 13.4 Å². The molecule has 1 heterocycles. The van der Waals surface area contributed by atoms with E-state index in [0.29, 0.717) is 6.54 Å². The van der Waals surface area contributed by atoms with Gasteiger partial charge in [-0.05, 0) is 48.9 Å². The number of nitrogens with one attached hydrogen (secondary N) is 2. The van der Waals surface area contributed by atoms with Crippen LogP contribution in [0.4, 0.5) is 15.9 Å². The molecule has 0 saturated carbocycles. The van der Waals surface area contributed by atoms with Gasteiger partial charge in [-0.3, -0.25) is 4.72 Å². The van der Waals surface area contributed by atoms with E-state index in [0.717, 1.165) is 23.4 Å². The molecule has 3 rings (SSSR count). The minimum atomic E-state index is -3.80. The molecule has 5 nitrogen and oxygen atoms in total. The number of halogens is 1. The smallest absolute Gasteiger partial charge is 0.263 e. The molecule has 2 aromatic carbocycles. The van der Waals surface area contributed by atoms with Crippen LogP contribution in [0.5, 0.6) is 0 Å². The van der Waals surface area contributed by atoms with E-state index >= 15 is 0 Å². The van der Waals surface area contributed by atoms with Crippen LogP contribution in [-0.2, 0) is 16.6 Å². The Kier molecular flexibility index (Phi) is 5.18. The molecule has 0 aliphatic rings. The molecule has 0 aliphatic carbocycles. The lowest BCUT2D eigenvalue weighted by Crippen LogP contribution is -2.14. The van der Waals surface area contributed by atoms with Crippen molar-refractivity contribution in [3.05, 3.63) is 83.8 Å². The maximum Gasteiger partial charge on any atom is 0.263 e. The van der Waals surface area contributed by atoms with Crippen molar-refractivity contribution < 1.29 is 12.8 Å². The van der Waals surface area contributed by atoms with Crippen LogP contribution >= 0.6 is 0 Å². The number of benzene rings is 2. The van der Waals surface area contributed by atoms with Crippen molar-refractivity contribution in [1.29, 1.82) is 0 Å². The summed E-state index contributed by atoms with van der Waals surface area (Å²) in [6, 6.07) is 16.1. The number of anilines is 2. The summed E-state index contributed by atoms with van der Waals surface area (Å²) in [5.74, 6) is -0.304. The third kappa shape index (κ3) is 4.58. The summed E-state index contributed by atoms with van der Waals surface area (Å²) in [6.07, 6.45) is 1.55. The monoisotopic (exact) mass is 371 g/mol. The third-order valence-corrected chi connectivity index (χ3v) is 5.08. The number of aryl methyl sites for hydroxylation is 1. The van der Waals surface area contributed by atoms with E-state index in [2.05, 4.69) is 21.1 Å². The highest BCUT2D eigenvalue weighted by molar-refractivity contribution is 7.92. The zero-order valence-corrected chi connectivity index (χ0v) is 14.9. The van der Waals surface area contributed by atoms with Crippen LogP contribution in [0.3, 0.4) is 0 Å². The standard InChI is InChI=1S/C19H18FN3O2S/c1-14-3-2-4-15(11-14)12-21-17-7-10-19(22-13-17)23-26(24,25)18-8-5-16(20)6-9-18/h2-11,13,21H,12H2,1H3,(H,22,23). The molecule has 0 spiro atoms. The SMILES string of the molecule is Cc1cccc(CNc2ccc(NS(=O)(=O)c3ccc(F)cc3)nc2)c1. The Morgan fingerprint density at radius 2 is 1.81 bits per heavy atom. The highest BCUT2D eigenvalue weighted by Gasteiger charge is 2.14. The van der Waals surface area contributed by atoms with Gasteiger partial charge in [0.25, 0.3) is 10.0 Å². The quantitative estimate of drug-likeness (QED) is 0.688. The fourth-order valence-electron chi connectivity index (χ4n) is 2.40. The molecule has 3 aromatic rings. The van der Waals surface area contributed by atoms with Gasteiger partial charge in [0.05, 0.1) is 16.8 Å². The predicted octanol–water partition coefficient (Wildman–Crippen LogP) is 3.94. The minimum Gasteiger partial charge on any atom is -0.380 e. The van der Waals surface area contributed by atoms with Gasteiger partial charge in [-0.25, -0.2) is 17.8 Å². The number of nitrogens with zero attached hydrogens (tertiary/aromatic N) is 1. The Morgan fingerprint density at radius 3 is 2.46 bits per heavy atom. The van der Waals surface area contributed by atoms with Crippen molar-refractivity contribution in [2.24, 2.45) is 0 Å². The fraction of sp³-hybridized carbons (Fsp3) is 0.105. The van der Waals surface area contributed by atoms with Crippen LogP contribution in [0, 0.1) is 12.7 Å². The summed E-state index contributed by atoms with van der Waals surface area (Å²) < 4.78 is 39.8. The van der Waals surface area contributed by atoms with Crippen molar-refractivity contribution in [2.75, 3.05) is 10.0 Å². The summed E-state index contributed by atoms with van der Waals surface area (Å²) in [5.41, 5.74) is 3.11. The predicted molar refractivity (Wildman–Crippen MR) is 100.0 cm³/mol. The molecule has 0 atom stereocenters. The highest BCUT2D eigenvalue weighted by Crippen LogP contribution is 2.17. The summed E-state index contributed by atoms with van der Waals surface area (Å²) in [7, 11) is -3.80. The maximum absolute atomic E-state index is 12.9. The number of pyridine rings is 1. The van der Waals surface area contributed by atoms with Crippen molar-refractivity contribution >= 4 is 21.5 Å². The summed E-state index contributed by atoms with van der Waals surface area (Å²) in [5, 5.41) is 3.23. The van der Waals surface area contributed by atoms with Gasteiger partial charge in [0.15, 0.2) is 0 Å². The summed E-state index contributed by atoms with van der Waals surface area (Å²) in [6.45, 7) is 2.68. The molecule has 0 aliphatic heterocycles. The molecule has 0 radical (unpaired) electrons. The van der Waals surface area contributed by atoms with Crippen LogP contribution in [0.15, 0.2) is 71.8 Å². The van der Waals surface area contributed by atoms with Gasteiger partial charge in [0.2, 0.25) is 0 Å². The average Bonchev–Trinajstić information content (AvgIpc) is 2.61. The van der Waals surface area contributed by atoms with E-state index in [1.54, 1.807) is 18.3 Å². The van der Waals surface area contributed by atoms with Crippen molar-refractivity contribution in [2.45, 2.75) is 18.4 Å². The van der Waals surface area contributed by atoms with Gasteiger partial charge in [-0.2, -0.15) is 0 Å². The van der Waals surface area contributed by atoms with Crippen molar-refractivity contribution in [1.82, 2.24) is 4.98 Å². The normalized spacial score (nSPS) is 11.2. The van der Waals surface area contributed by atoms with Crippen LogP contribution < -0.4 is 10.0 Å². The first-order chi connectivity index (χ1) is 12.4. The van der Waals surface area contributed by atoms with Gasteiger partial charge in [0, 0.05) is 6.54 Å². The second-order valence-electron chi connectivity index (χ2n) is 5.83. The van der Waals surface area contributed by atoms with E-state index in [4.69, 9.17) is 0 Å². The van der Waals surface area contributed by atoms with Gasteiger partial charge in [-0.15, -0.1) is 0 Å². The second kappa shape index (κ2) is 7.53. The van der Waals surface area contributed by atoms with E-state index in [9.17, 15) is 12.8 Å². The number of aromatic nitrogens is 1. The second-order valence-corrected chi connectivity index (χ2v) is 7.52. The van der Waals surface area contributed by atoms with Gasteiger partial charge >= 0.3 is 0 Å². The third-order valence-electron chi connectivity index (χ3n) is 3.71. The molecule has 0 fully saturated rings. The Bertz CT molecular complexity index is 988. The van der Waals surface area contributed by atoms with Gasteiger partial charge in [0.1, 0.15) is 11.6 Å². The lowest BCUT2D eigenvalue weighted by Gasteiger charge is -2.10. The largest absolute Gasteiger partial charge is 0.380 e. The molecule has 134 valence electrons. The maximum atomic E-state index is 12.9. The molecular formula is C19H18FN3O2S. The molecule has 0 unspecified atom stereocenters. The minimum absolute atomic E-state index is 0.0256. The Balaban J connectivity index is 1.64. The average molecular weight is 371 g/mol. The summed E-state index contributed by atoms with van der Waals surface area (Å²) in [4.78, 5) is 4.08. The van der Waals surface area contributed by atoms with Crippen LogP contribution in [0.25, 0.3) is 0 Å². The first-order valence-electron chi connectivity index (χ1n) is 7.96. The molecule has 0 bridgehead atoms. The van der Waals surface area contributed by atoms with E-state index in [1.165, 1.54) is 17.7 Å². The van der Waals surface area contributed by atoms with Crippen LogP contribution in [0.1, 0.15) is 11.1 Å². The highest BCUT2D eigenvalue weighted by atomic mass is 32.2. The first-order valence-corrected chi connectivity index (χ1v) is 9.44. The first kappa shape index (κ1) is 17.9. The van der Waals surface area contributed by atoms with Crippen molar-refractivity contribution in [3.8, 4) is 0 Å². The van der Waals surface area contributed by atoms with E-state index in [1.807, 2.05) is 25.1 Å². The summed E-state index contributed by atoms with van der Waals surface area (Å²) >= 11 is 0. The molecule has 0 amide bonds. The Labute approximate surface area is 152 Å². The zero-order chi connectivity index (χ0) is 18.6. The Morgan fingerprint density at radius 1 is 1.04 bits per heavy atom.